The average molecular weight is 261 g/mol. The number of hydrogen-bond donors (Lipinski definition) is 1. The van der Waals surface area contributed by atoms with E-state index in [2.05, 4.69) is 66.7 Å². The molecule has 0 saturated heterocycles. The van der Waals surface area contributed by atoms with Crippen molar-refractivity contribution in [3.63, 3.8) is 0 Å². The number of H-pyrrole nitrogens is 1. The first-order valence-corrected chi connectivity index (χ1v) is 6.55. The lowest BCUT2D eigenvalue weighted by Gasteiger charge is -2.24. The van der Waals surface area contributed by atoms with Crippen LogP contribution in [-0.2, 0) is 5.54 Å². The van der Waals surface area contributed by atoms with Crippen LogP contribution in [0.4, 0.5) is 0 Å². The molecule has 0 aliphatic carbocycles. The maximum absolute atomic E-state index is 5.34. The van der Waals surface area contributed by atoms with E-state index in [1.807, 2.05) is 6.07 Å². The van der Waals surface area contributed by atoms with Crippen molar-refractivity contribution in [2.45, 2.75) is 39.2 Å². The van der Waals surface area contributed by atoms with Crippen LogP contribution in [0.25, 0.3) is 0 Å². The smallest absolute Gasteiger partial charge is 0.195 e. The summed E-state index contributed by atoms with van der Waals surface area (Å²) < 4.78 is 2.78. The van der Waals surface area contributed by atoms with Crippen LogP contribution in [0.2, 0.25) is 0 Å². The van der Waals surface area contributed by atoms with Crippen LogP contribution in [0, 0.1) is 4.77 Å². The molecule has 1 N–H and O–H groups in total. The molecule has 96 valence electrons. The Morgan fingerprint density at radius 2 is 1.83 bits per heavy atom. The molecule has 0 aliphatic rings. The third kappa shape index (κ3) is 2.38. The minimum Gasteiger partial charge on any atom is -0.298 e. The van der Waals surface area contributed by atoms with Gasteiger partial charge in [-0.25, -0.2) is 0 Å². The highest BCUT2D eigenvalue weighted by Gasteiger charge is 2.23. The summed E-state index contributed by atoms with van der Waals surface area (Å²) in [4.78, 5) is 0. The molecule has 0 bridgehead atoms. The molecule has 0 radical (unpaired) electrons. The van der Waals surface area contributed by atoms with Gasteiger partial charge in [0.25, 0.3) is 0 Å². The highest BCUT2D eigenvalue weighted by Crippen LogP contribution is 2.26. The lowest BCUT2D eigenvalue weighted by atomic mass is 9.99. The molecule has 1 heterocycles. The summed E-state index contributed by atoms with van der Waals surface area (Å²) in [6.45, 7) is 8.57. The van der Waals surface area contributed by atoms with Gasteiger partial charge in [-0.05, 0) is 38.6 Å². The Labute approximate surface area is 113 Å². The first kappa shape index (κ1) is 13.0. The second-order valence-corrected chi connectivity index (χ2v) is 5.91. The van der Waals surface area contributed by atoms with Crippen LogP contribution in [0.3, 0.4) is 0 Å². The molecule has 0 fully saturated rings. The fourth-order valence-electron chi connectivity index (χ4n) is 2.14. The number of nitrogens with zero attached hydrogens (tertiary/aromatic N) is 2. The molecule has 1 aromatic carbocycles. The topological polar surface area (TPSA) is 33.6 Å². The quantitative estimate of drug-likeness (QED) is 0.833. The molecular weight excluding hydrogens is 242 g/mol. The summed E-state index contributed by atoms with van der Waals surface area (Å²) in [5.74, 6) is 1.21. The Morgan fingerprint density at radius 1 is 1.22 bits per heavy atom. The Kier molecular flexibility index (Phi) is 3.39. The summed E-state index contributed by atoms with van der Waals surface area (Å²) in [6, 6.07) is 10.4. The molecule has 3 nitrogen and oxygen atoms in total. The summed E-state index contributed by atoms with van der Waals surface area (Å²) in [5.41, 5.74) is 1.18. The van der Waals surface area contributed by atoms with Crippen LogP contribution in [0.15, 0.2) is 30.3 Å². The van der Waals surface area contributed by atoms with Crippen molar-refractivity contribution in [2.24, 2.45) is 0 Å². The molecule has 1 aromatic heterocycles. The van der Waals surface area contributed by atoms with Crippen molar-refractivity contribution in [3.8, 4) is 0 Å². The average Bonchev–Trinajstić information content (AvgIpc) is 2.71. The van der Waals surface area contributed by atoms with E-state index in [0.717, 1.165) is 5.82 Å². The molecule has 18 heavy (non-hydrogen) atoms. The van der Waals surface area contributed by atoms with Crippen molar-refractivity contribution in [1.29, 1.82) is 0 Å². The van der Waals surface area contributed by atoms with Gasteiger partial charge in [0, 0.05) is 11.5 Å². The Balaban J connectivity index is 2.50. The minimum absolute atomic E-state index is 0.0670. The van der Waals surface area contributed by atoms with E-state index in [1.165, 1.54) is 5.56 Å². The van der Waals surface area contributed by atoms with Gasteiger partial charge in [-0.3, -0.25) is 9.67 Å². The zero-order valence-corrected chi connectivity index (χ0v) is 12.1. The molecular formula is C14H19N3S. The normalized spacial score (nSPS) is 13.6. The van der Waals surface area contributed by atoms with Crippen LogP contribution in [0.1, 0.15) is 45.0 Å². The maximum Gasteiger partial charge on any atom is 0.195 e. The summed E-state index contributed by atoms with van der Waals surface area (Å²) in [7, 11) is 0. The van der Waals surface area contributed by atoms with Crippen LogP contribution >= 0.6 is 12.2 Å². The van der Waals surface area contributed by atoms with E-state index in [0.29, 0.717) is 4.77 Å². The molecule has 0 spiro atoms. The molecule has 0 aliphatic heterocycles. The minimum atomic E-state index is -0.0670. The molecule has 0 saturated carbocycles. The van der Waals surface area contributed by atoms with Crippen LogP contribution in [-0.4, -0.2) is 14.8 Å². The standard InChI is InChI=1S/C14H19N3S/c1-10(11-8-6-5-7-9-11)12-15-16-13(18)17(12)14(2,3)4/h5-10H,1-4H3,(H,16,18). The van der Waals surface area contributed by atoms with E-state index < -0.39 is 0 Å². The monoisotopic (exact) mass is 261 g/mol. The third-order valence-corrected chi connectivity index (χ3v) is 3.33. The molecule has 2 rings (SSSR count). The first-order chi connectivity index (χ1) is 8.41. The lowest BCUT2D eigenvalue weighted by molar-refractivity contribution is 0.374. The van der Waals surface area contributed by atoms with Gasteiger partial charge < -0.3 is 0 Å². The van der Waals surface area contributed by atoms with Crippen LogP contribution in [0.5, 0.6) is 0 Å². The lowest BCUT2D eigenvalue weighted by Crippen LogP contribution is -2.25. The van der Waals surface area contributed by atoms with Gasteiger partial charge in [0.05, 0.1) is 0 Å². The zero-order chi connectivity index (χ0) is 13.3. The van der Waals surface area contributed by atoms with E-state index in [9.17, 15) is 0 Å². The van der Waals surface area contributed by atoms with E-state index >= 15 is 0 Å². The van der Waals surface area contributed by atoms with Gasteiger partial charge >= 0.3 is 0 Å². The molecule has 4 heteroatoms. The van der Waals surface area contributed by atoms with Crippen LogP contribution < -0.4 is 0 Å². The second-order valence-electron chi connectivity index (χ2n) is 5.53. The van der Waals surface area contributed by atoms with Crippen molar-refractivity contribution >= 4 is 12.2 Å². The summed E-state index contributed by atoms with van der Waals surface area (Å²) in [6.07, 6.45) is 0. The number of rotatable bonds is 2. The SMILES string of the molecule is CC(c1ccccc1)c1n[nH]c(=S)n1C(C)(C)C. The Morgan fingerprint density at radius 3 is 2.39 bits per heavy atom. The zero-order valence-electron chi connectivity index (χ0n) is 11.3. The second kappa shape index (κ2) is 4.69. The van der Waals surface area contributed by atoms with Crippen molar-refractivity contribution in [3.05, 3.63) is 46.5 Å². The Hall–Kier alpha value is -1.42. The number of benzene rings is 1. The molecule has 0 amide bonds. The van der Waals surface area contributed by atoms with Gasteiger partial charge in [-0.2, -0.15) is 5.10 Å². The fourth-order valence-corrected chi connectivity index (χ4v) is 2.55. The van der Waals surface area contributed by atoms with Crippen molar-refractivity contribution in [1.82, 2.24) is 14.8 Å². The van der Waals surface area contributed by atoms with E-state index in [4.69, 9.17) is 12.2 Å². The largest absolute Gasteiger partial charge is 0.298 e. The predicted octanol–water partition coefficient (Wildman–Crippen LogP) is 3.85. The number of aromatic amines is 1. The highest BCUT2D eigenvalue weighted by molar-refractivity contribution is 7.71. The van der Waals surface area contributed by atoms with Crippen molar-refractivity contribution < 1.29 is 0 Å². The van der Waals surface area contributed by atoms with Gasteiger partial charge in [-0.1, -0.05) is 37.3 Å². The van der Waals surface area contributed by atoms with Gasteiger partial charge in [0.15, 0.2) is 4.77 Å². The Bertz CT molecular complexity index is 575. The van der Waals surface area contributed by atoms with Gasteiger partial charge in [0.1, 0.15) is 5.82 Å². The fraction of sp³-hybridized carbons (Fsp3) is 0.429. The maximum atomic E-state index is 5.34. The van der Waals surface area contributed by atoms with E-state index in [-0.39, 0.29) is 11.5 Å². The highest BCUT2D eigenvalue weighted by atomic mass is 32.1. The summed E-state index contributed by atoms with van der Waals surface area (Å²) in [5, 5.41) is 7.31. The predicted molar refractivity (Wildman–Crippen MR) is 76.4 cm³/mol. The third-order valence-electron chi connectivity index (χ3n) is 3.06. The first-order valence-electron chi connectivity index (χ1n) is 6.14. The van der Waals surface area contributed by atoms with E-state index in [1.54, 1.807) is 0 Å². The number of hydrogen-bond acceptors (Lipinski definition) is 2. The van der Waals surface area contributed by atoms with Gasteiger partial charge in [-0.15, -0.1) is 0 Å². The van der Waals surface area contributed by atoms with Crippen molar-refractivity contribution in [2.75, 3.05) is 0 Å². The molecule has 2 aromatic rings. The molecule has 1 atom stereocenters. The van der Waals surface area contributed by atoms with Gasteiger partial charge in [0.2, 0.25) is 0 Å². The number of aromatic nitrogens is 3. The molecule has 1 unspecified atom stereocenters. The summed E-state index contributed by atoms with van der Waals surface area (Å²) >= 11 is 5.34. The number of nitrogens with one attached hydrogen (secondary N) is 1.